The number of nitrogens with one attached hydrogen (secondary N) is 2. The number of halogens is 2. The summed E-state index contributed by atoms with van der Waals surface area (Å²) in [6.45, 7) is 1.66. The molecule has 0 radical (unpaired) electrons. The van der Waals surface area contributed by atoms with Gasteiger partial charge < -0.3 is 15.4 Å². The molecule has 1 aliphatic rings. The molecule has 0 spiro atoms. The zero-order chi connectivity index (χ0) is 20.4. The lowest BCUT2D eigenvalue weighted by atomic mass is 10.0. The Labute approximate surface area is 170 Å². The number of aromatic nitrogens is 3. The minimum Gasteiger partial charge on any atom is -0.391 e. The molecule has 3 N–H and O–H groups in total. The molecule has 3 aromatic rings. The van der Waals surface area contributed by atoms with Gasteiger partial charge in [0.1, 0.15) is 23.6 Å². The van der Waals surface area contributed by atoms with Gasteiger partial charge in [-0.2, -0.15) is 0 Å². The van der Waals surface area contributed by atoms with Crippen LogP contribution in [0.25, 0.3) is 21.5 Å². The Kier molecular flexibility index (Phi) is 5.50. The van der Waals surface area contributed by atoms with Crippen LogP contribution in [0, 0.1) is 5.82 Å². The van der Waals surface area contributed by atoms with E-state index >= 15 is 0 Å². The van der Waals surface area contributed by atoms with Gasteiger partial charge in [0.25, 0.3) is 0 Å². The van der Waals surface area contributed by atoms with Crippen LogP contribution in [0.15, 0.2) is 35.8 Å². The third-order valence-electron chi connectivity index (χ3n) is 4.96. The molecule has 1 fully saturated rings. The van der Waals surface area contributed by atoms with Gasteiger partial charge in [-0.3, -0.25) is 4.90 Å². The predicted molar refractivity (Wildman–Crippen MR) is 107 cm³/mol. The van der Waals surface area contributed by atoms with Crippen LogP contribution < -0.4 is 5.32 Å². The van der Waals surface area contributed by atoms with Gasteiger partial charge in [0.2, 0.25) is 0 Å². The van der Waals surface area contributed by atoms with E-state index in [4.69, 9.17) is 17.1 Å². The molecule has 9 nitrogen and oxygen atoms in total. The van der Waals surface area contributed by atoms with Gasteiger partial charge in [-0.25, -0.2) is 14.4 Å². The molecule has 11 heteroatoms. The number of likely N-dealkylation sites (tertiary alicyclic amines) is 1. The number of hydrogen-bond acceptors (Lipinski definition) is 6. The van der Waals surface area contributed by atoms with Crippen molar-refractivity contribution in [3.05, 3.63) is 57.6 Å². The third kappa shape index (κ3) is 4.10. The van der Waals surface area contributed by atoms with Crippen molar-refractivity contribution in [3.8, 4) is 0 Å². The second kappa shape index (κ2) is 8.22. The van der Waals surface area contributed by atoms with Crippen LogP contribution in [0.2, 0.25) is 5.02 Å². The molecule has 150 valence electrons. The number of azide groups is 1. The first-order valence-electron chi connectivity index (χ1n) is 9.03. The fourth-order valence-electron chi connectivity index (χ4n) is 3.53. The summed E-state index contributed by atoms with van der Waals surface area (Å²) in [6, 6.07) is 3.96. The molecule has 4 rings (SSSR count). The molecule has 2 aromatic heterocycles. The maximum Gasteiger partial charge on any atom is 0.143 e. The highest BCUT2D eigenvalue weighted by atomic mass is 35.5. The van der Waals surface area contributed by atoms with Crippen LogP contribution in [0.3, 0.4) is 0 Å². The minimum absolute atomic E-state index is 0.0199. The van der Waals surface area contributed by atoms with Crippen LogP contribution in [-0.4, -0.2) is 50.2 Å². The van der Waals surface area contributed by atoms with Gasteiger partial charge in [0.05, 0.1) is 22.6 Å². The number of rotatable bonds is 5. The Balaban J connectivity index is 1.58. The standard InChI is InChI=1S/C18H18ClFN8O/c19-12-5-11(1-2-13(12)20)25-18-16-10(6-22-17(16)23-9-24-18)7-28-4-3-14(26-27-21)15(29)8-28/h1-2,5-6,9,14-15,29H,3-4,7-8H2,(H2,22,23,24,25). The van der Waals surface area contributed by atoms with Crippen LogP contribution in [0.5, 0.6) is 0 Å². The first kappa shape index (κ1) is 19.4. The van der Waals surface area contributed by atoms with E-state index in [1.54, 1.807) is 6.07 Å². The van der Waals surface area contributed by atoms with Crippen LogP contribution >= 0.6 is 11.6 Å². The van der Waals surface area contributed by atoms with Crippen LogP contribution in [-0.2, 0) is 6.54 Å². The van der Waals surface area contributed by atoms with Gasteiger partial charge in [0, 0.05) is 29.9 Å². The summed E-state index contributed by atoms with van der Waals surface area (Å²) in [7, 11) is 0. The molecular weight excluding hydrogens is 399 g/mol. The highest BCUT2D eigenvalue weighted by molar-refractivity contribution is 6.31. The zero-order valence-electron chi connectivity index (χ0n) is 15.3. The lowest BCUT2D eigenvalue weighted by molar-refractivity contribution is 0.0503. The summed E-state index contributed by atoms with van der Waals surface area (Å²) in [6.07, 6.45) is 3.17. The van der Waals surface area contributed by atoms with Crippen molar-refractivity contribution in [1.29, 1.82) is 0 Å². The van der Waals surface area contributed by atoms with E-state index in [2.05, 4.69) is 35.2 Å². The Hall–Kier alpha value is -2.91. The first-order valence-corrected chi connectivity index (χ1v) is 9.40. The molecule has 3 heterocycles. The van der Waals surface area contributed by atoms with Crippen molar-refractivity contribution >= 4 is 34.1 Å². The average molecular weight is 417 g/mol. The van der Waals surface area contributed by atoms with E-state index in [9.17, 15) is 9.50 Å². The second-order valence-electron chi connectivity index (χ2n) is 6.88. The normalized spacial score (nSPS) is 19.8. The highest BCUT2D eigenvalue weighted by Crippen LogP contribution is 2.29. The number of hydrogen-bond donors (Lipinski definition) is 3. The Bertz CT molecular complexity index is 1080. The Morgan fingerprint density at radius 2 is 2.31 bits per heavy atom. The van der Waals surface area contributed by atoms with Gasteiger partial charge >= 0.3 is 0 Å². The number of fused-ring (bicyclic) bond motifs is 1. The largest absolute Gasteiger partial charge is 0.391 e. The smallest absolute Gasteiger partial charge is 0.143 e. The molecule has 1 saturated heterocycles. The molecule has 0 amide bonds. The summed E-state index contributed by atoms with van der Waals surface area (Å²) >= 11 is 5.87. The van der Waals surface area contributed by atoms with Gasteiger partial charge in [-0.05, 0) is 42.3 Å². The molecule has 0 bridgehead atoms. The average Bonchev–Trinajstić information content (AvgIpc) is 3.11. The van der Waals surface area contributed by atoms with E-state index in [1.165, 1.54) is 18.5 Å². The van der Waals surface area contributed by atoms with Crippen molar-refractivity contribution in [2.24, 2.45) is 5.11 Å². The number of nitrogens with zero attached hydrogens (tertiary/aromatic N) is 6. The SMILES string of the molecule is [N-]=[N+]=NC1CCN(Cc2c[nH]c3ncnc(Nc4ccc(F)c(Cl)c4)c23)CC1O. The molecule has 2 unspecified atom stereocenters. The third-order valence-corrected chi connectivity index (χ3v) is 5.25. The Morgan fingerprint density at radius 1 is 1.45 bits per heavy atom. The number of piperidine rings is 1. The maximum atomic E-state index is 13.4. The van der Waals surface area contributed by atoms with E-state index < -0.39 is 18.0 Å². The number of benzene rings is 1. The van der Waals surface area contributed by atoms with Crippen molar-refractivity contribution in [3.63, 3.8) is 0 Å². The quantitative estimate of drug-likeness (QED) is 0.332. The van der Waals surface area contributed by atoms with E-state index in [-0.39, 0.29) is 5.02 Å². The van der Waals surface area contributed by atoms with Crippen LogP contribution in [0.4, 0.5) is 15.9 Å². The molecule has 2 atom stereocenters. The lowest BCUT2D eigenvalue weighted by Gasteiger charge is -2.33. The second-order valence-corrected chi connectivity index (χ2v) is 7.28. The van der Waals surface area contributed by atoms with Gasteiger partial charge in [-0.1, -0.05) is 16.7 Å². The number of aromatic amines is 1. The number of β-amino-alcohol motifs (C(OH)–C–C–N with tert-alkyl or cyclic N) is 1. The highest BCUT2D eigenvalue weighted by Gasteiger charge is 2.27. The molecule has 1 aliphatic heterocycles. The van der Waals surface area contributed by atoms with Crippen LogP contribution in [0.1, 0.15) is 12.0 Å². The molecule has 1 aromatic carbocycles. The minimum atomic E-state index is -0.708. The van der Waals surface area contributed by atoms with Crippen molar-refractivity contribution in [2.75, 3.05) is 18.4 Å². The summed E-state index contributed by atoms with van der Waals surface area (Å²) in [4.78, 5) is 16.6. The number of H-pyrrole nitrogens is 1. The summed E-state index contributed by atoms with van der Waals surface area (Å²) in [5, 5.41) is 17.9. The van der Waals surface area contributed by atoms with Gasteiger partial charge in [-0.15, -0.1) is 0 Å². The monoisotopic (exact) mass is 416 g/mol. The molecular formula is C18H18ClFN8O. The van der Waals surface area contributed by atoms with Crippen molar-refractivity contribution < 1.29 is 9.50 Å². The summed E-state index contributed by atoms with van der Waals surface area (Å²) < 4.78 is 13.4. The number of anilines is 2. The molecule has 0 saturated carbocycles. The predicted octanol–water partition coefficient (Wildman–Crippen LogP) is 3.74. The van der Waals surface area contributed by atoms with Gasteiger partial charge in [0.15, 0.2) is 0 Å². The summed E-state index contributed by atoms with van der Waals surface area (Å²) in [5.41, 5.74) is 10.8. The topological polar surface area (TPSA) is 126 Å². The molecule has 29 heavy (non-hydrogen) atoms. The lowest BCUT2D eigenvalue weighted by Crippen LogP contribution is -2.45. The maximum absolute atomic E-state index is 13.4. The van der Waals surface area contributed by atoms with Crippen molar-refractivity contribution in [1.82, 2.24) is 19.9 Å². The fraction of sp³-hybridized carbons (Fsp3) is 0.333. The molecule has 0 aliphatic carbocycles. The van der Waals surface area contributed by atoms with E-state index in [0.717, 1.165) is 10.9 Å². The fourth-order valence-corrected chi connectivity index (χ4v) is 3.71. The number of aliphatic hydroxyl groups excluding tert-OH is 1. The zero-order valence-corrected chi connectivity index (χ0v) is 16.0. The Morgan fingerprint density at radius 3 is 3.07 bits per heavy atom. The van der Waals surface area contributed by atoms with Crippen molar-refractivity contribution in [2.45, 2.75) is 25.1 Å². The number of aliphatic hydroxyl groups is 1. The van der Waals surface area contributed by atoms with E-state index in [0.29, 0.717) is 43.2 Å². The summed E-state index contributed by atoms with van der Waals surface area (Å²) in [5.74, 6) is 0.0773. The van der Waals surface area contributed by atoms with E-state index in [1.807, 2.05) is 6.20 Å². The first-order chi connectivity index (χ1) is 14.0.